The molecule has 7 heavy (non-hydrogen) atoms. The van der Waals surface area contributed by atoms with Gasteiger partial charge in [0, 0.05) is 0 Å². The molecule has 0 spiro atoms. The predicted octanol–water partition coefficient (Wildman–Crippen LogP) is 1.02. The molecule has 1 aromatic rings. The third-order valence-electron chi connectivity index (χ3n) is 0.551. The molecule has 2 N–H and O–H groups in total. The highest BCUT2D eigenvalue weighted by Gasteiger charge is 1.94. The first-order valence-electron chi connectivity index (χ1n) is 1.66. The van der Waals surface area contributed by atoms with Crippen LogP contribution in [0.3, 0.4) is 0 Å². The van der Waals surface area contributed by atoms with Crippen molar-refractivity contribution < 1.29 is 4.52 Å². The Balaban J connectivity index is 3.12. The molecule has 0 radical (unpaired) electrons. The lowest BCUT2D eigenvalue weighted by atomic mass is 10.6. The van der Waals surface area contributed by atoms with Gasteiger partial charge in [-0.05, 0) is 15.9 Å². The van der Waals surface area contributed by atoms with Crippen molar-refractivity contribution in [3.8, 4) is 0 Å². The Kier molecular flexibility index (Phi) is 1.02. The zero-order valence-corrected chi connectivity index (χ0v) is 4.97. The quantitative estimate of drug-likeness (QED) is 0.620. The molecule has 0 atom stereocenters. The monoisotopic (exact) mass is 162 g/mol. The van der Waals surface area contributed by atoms with Crippen LogP contribution in [0.1, 0.15) is 0 Å². The van der Waals surface area contributed by atoms with Crippen LogP contribution < -0.4 is 5.73 Å². The number of nitrogens with zero attached hydrogens (tertiary/aromatic N) is 1. The summed E-state index contributed by atoms with van der Waals surface area (Å²) >= 11 is 3.04. The summed E-state index contributed by atoms with van der Waals surface area (Å²) in [6, 6.07) is 0. The van der Waals surface area contributed by atoms with Crippen molar-refractivity contribution in [1.82, 2.24) is 5.16 Å². The molecule has 0 unspecified atom stereocenters. The third-order valence-corrected chi connectivity index (χ3v) is 1.15. The first kappa shape index (κ1) is 4.64. The molecule has 0 amide bonds. The molecular formula is C3H3BrN2O. The van der Waals surface area contributed by atoms with E-state index in [9.17, 15) is 0 Å². The number of halogens is 1. The molecule has 0 aliphatic heterocycles. The second-order valence-electron chi connectivity index (χ2n) is 1.06. The molecule has 3 nitrogen and oxygen atoms in total. The summed E-state index contributed by atoms with van der Waals surface area (Å²) < 4.78 is 4.99. The Hall–Kier alpha value is -0.510. The molecule has 0 aliphatic carbocycles. The van der Waals surface area contributed by atoms with Crippen LogP contribution in [0.15, 0.2) is 15.4 Å². The van der Waals surface area contributed by atoms with Crippen molar-refractivity contribution in [3.05, 3.63) is 10.9 Å². The van der Waals surface area contributed by atoms with Crippen molar-refractivity contribution in [2.75, 3.05) is 5.73 Å². The largest absolute Gasteiger partial charge is 0.394 e. The topological polar surface area (TPSA) is 52.0 Å². The molecule has 0 saturated carbocycles. The van der Waals surface area contributed by atoms with Crippen molar-refractivity contribution in [3.63, 3.8) is 0 Å². The molecule has 0 aromatic carbocycles. The molecule has 4 heteroatoms. The van der Waals surface area contributed by atoms with E-state index in [1.807, 2.05) is 0 Å². The van der Waals surface area contributed by atoms with Gasteiger partial charge in [0.05, 0.1) is 0 Å². The molecule has 0 bridgehead atoms. The highest BCUT2D eigenvalue weighted by atomic mass is 79.9. The van der Waals surface area contributed by atoms with Gasteiger partial charge < -0.3 is 10.3 Å². The van der Waals surface area contributed by atoms with Crippen LogP contribution in [0.4, 0.5) is 5.69 Å². The molecule has 1 heterocycles. The van der Waals surface area contributed by atoms with Gasteiger partial charge in [-0.3, -0.25) is 0 Å². The molecule has 38 valence electrons. The molecule has 0 fully saturated rings. The summed E-state index contributed by atoms with van der Waals surface area (Å²) in [5.41, 5.74) is 5.76. The van der Waals surface area contributed by atoms with Gasteiger partial charge in [0.2, 0.25) is 0 Å². The van der Waals surface area contributed by atoms with Crippen LogP contribution in [0, 0.1) is 0 Å². The number of nitrogen functional groups attached to an aromatic ring is 1. The van der Waals surface area contributed by atoms with Crippen LogP contribution in [-0.2, 0) is 0 Å². The number of hydrogen-bond acceptors (Lipinski definition) is 3. The Morgan fingerprint density at radius 1 is 1.86 bits per heavy atom. The van der Waals surface area contributed by atoms with Crippen molar-refractivity contribution >= 4 is 21.6 Å². The maximum absolute atomic E-state index is 5.24. The summed E-state index contributed by atoms with van der Waals surface area (Å²) in [5.74, 6) is 0. The number of rotatable bonds is 0. The van der Waals surface area contributed by atoms with Crippen molar-refractivity contribution in [2.45, 2.75) is 0 Å². The summed E-state index contributed by atoms with van der Waals surface area (Å²) in [6.07, 6.45) is 1.37. The fourth-order valence-electron chi connectivity index (χ4n) is 0.231. The molecule has 0 saturated heterocycles. The fraction of sp³-hybridized carbons (Fsp3) is 0. The minimum Gasteiger partial charge on any atom is -0.394 e. The van der Waals surface area contributed by atoms with E-state index in [2.05, 4.69) is 25.6 Å². The Morgan fingerprint density at radius 2 is 2.57 bits per heavy atom. The minimum atomic E-state index is 0.528. The SMILES string of the molecule is Nc1conc1Br. The average molecular weight is 163 g/mol. The van der Waals surface area contributed by atoms with Crippen LogP contribution >= 0.6 is 15.9 Å². The highest BCUT2D eigenvalue weighted by Crippen LogP contribution is 2.14. The Morgan fingerprint density at radius 3 is 2.71 bits per heavy atom. The van der Waals surface area contributed by atoms with Gasteiger partial charge in [-0.25, -0.2) is 0 Å². The Labute approximate surface area is 48.6 Å². The van der Waals surface area contributed by atoms with E-state index in [4.69, 9.17) is 5.73 Å². The maximum Gasteiger partial charge on any atom is 0.172 e. The number of aromatic nitrogens is 1. The number of hydrogen-bond donors (Lipinski definition) is 1. The van der Waals surface area contributed by atoms with Gasteiger partial charge in [0.1, 0.15) is 12.0 Å². The molecule has 1 aromatic heterocycles. The summed E-state index contributed by atoms with van der Waals surface area (Å²) in [6.45, 7) is 0. The second-order valence-corrected chi connectivity index (χ2v) is 1.81. The number of nitrogens with two attached hydrogens (primary N) is 1. The van der Waals surface area contributed by atoms with Crippen LogP contribution in [0.25, 0.3) is 0 Å². The van der Waals surface area contributed by atoms with E-state index in [-0.39, 0.29) is 0 Å². The van der Waals surface area contributed by atoms with Gasteiger partial charge in [0.25, 0.3) is 0 Å². The zero-order chi connectivity index (χ0) is 5.28. The van der Waals surface area contributed by atoms with E-state index in [1.54, 1.807) is 0 Å². The van der Waals surface area contributed by atoms with Crippen LogP contribution in [-0.4, -0.2) is 5.16 Å². The minimum absolute atomic E-state index is 0.528. The van der Waals surface area contributed by atoms with Gasteiger partial charge in [0.15, 0.2) is 4.60 Å². The molecular weight excluding hydrogens is 160 g/mol. The van der Waals surface area contributed by atoms with Gasteiger partial charge in [-0.2, -0.15) is 0 Å². The molecule has 0 aliphatic rings. The zero-order valence-electron chi connectivity index (χ0n) is 3.39. The lowest BCUT2D eigenvalue weighted by Gasteiger charge is -1.73. The predicted molar refractivity (Wildman–Crippen MR) is 28.6 cm³/mol. The van der Waals surface area contributed by atoms with E-state index in [1.165, 1.54) is 6.26 Å². The van der Waals surface area contributed by atoms with E-state index < -0.39 is 0 Å². The van der Waals surface area contributed by atoms with Crippen molar-refractivity contribution in [1.29, 1.82) is 0 Å². The van der Waals surface area contributed by atoms with E-state index >= 15 is 0 Å². The average Bonchev–Trinajstić information content (AvgIpc) is 1.91. The maximum atomic E-state index is 5.24. The lowest BCUT2D eigenvalue weighted by Crippen LogP contribution is -1.78. The summed E-state index contributed by atoms with van der Waals surface area (Å²) in [5, 5.41) is 3.43. The van der Waals surface area contributed by atoms with Gasteiger partial charge in [-0.15, -0.1) is 0 Å². The smallest absolute Gasteiger partial charge is 0.172 e. The summed E-state index contributed by atoms with van der Waals surface area (Å²) in [7, 11) is 0. The van der Waals surface area contributed by atoms with E-state index in [0.717, 1.165) is 0 Å². The van der Waals surface area contributed by atoms with Gasteiger partial charge in [-0.1, -0.05) is 5.16 Å². The van der Waals surface area contributed by atoms with Crippen LogP contribution in [0.2, 0.25) is 0 Å². The first-order chi connectivity index (χ1) is 3.30. The van der Waals surface area contributed by atoms with E-state index in [0.29, 0.717) is 10.3 Å². The van der Waals surface area contributed by atoms with Crippen LogP contribution in [0.5, 0.6) is 0 Å². The molecule has 1 rings (SSSR count). The highest BCUT2D eigenvalue weighted by molar-refractivity contribution is 9.10. The first-order valence-corrected chi connectivity index (χ1v) is 2.45. The standard InChI is InChI=1S/C3H3BrN2O/c4-3-2(5)1-7-6-3/h1H,5H2. The normalized spacial score (nSPS) is 9.29. The van der Waals surface area contributed by atoms with Crippen molar-refractivity contribution in [2.24, 2.45) is 0 Å². The van der Waals surface area contributed by atoms with Gasteiger partial charge >= 0.3 is 0 Å². The fourth-order valence-corrected chi connectivity index (χ4v) is 0.408. The number of anilines is 1. The summed E-state index contributed by atoms with van der Waals surface area (Å²) in [4.78, 5) is 0. The lowest BCUT2D eigenvalue weighted by molar-refractivity contribution is 0.416. The third kappa shape index (κ3) is 0.742. The Bertz CT molecular complexity index is 145. The second kappa shape index (κ2) is 1.54.